The fraction of sp³-hybridized carbons (Fsp3) is 0.692. The molecule has 2 N–H and O–H groups in total. The van der Waals surface area contributed by atoms with Crippen LogP contribution >= 0.6 is 0 Å². The van der Waals surface area contributed by atoms with E-state index in [0.29, 0.717) is 11.7 Å². The molecular weight excluding hydrogens is 244 g/mol. The first-order valence-corrected chi connectivity index (χ1v) is 6.45. The molecule has 6 nitrogen and oxygen atoms in total. The molecule has 2 amide bonds. The van der Waals surface area contributed by atoms with Crippen LogP contribution in [0.4, 0.5) is 10.6 Å². The highest BCUT2D eigenvalue weighted by Crippen LogP contribution is 2.11. The monoisotopic (exact) mass is 268 g/mol. The van der Waals surface area contributed by atoms with Gasteiger partial charge in [-0.25, -0.2) is 9.48 Å². The van der Waals surface area contributed by atoms with Crippen molar-refractivity contribution in [2.45, 2.75) is 39.8 Å². The van der Waals surface area contributed by atoms with Crippen molar-refractivity contribution < 1.29 is 9.90 Å². The van der Waals surface area contributed by atoms with E-state index in [9.17, 15) is 9.90 Å². The van der Waals surface area contributed by atoms with Crippen LogP contribution in [0.2, 0.25) is 0 Å². The molecule has 108 valence electrons. The second kappa shape index (κ2) is 6.06. The van der Waals surface area contributed by atoms with E-state index in [1.807, 2.05) is 0 Å². The van der Waals surface area contributed by atoms with Crippen molar-refractivity contribution in [2.24, 2.45) is 5.92 Å². The Kier molecular flexibility index (Phi) is 4.94. The molecule has 0 saturated heterocycles. The second-order valence-corrected chi connectivity index (χ2v) is 5.89. The first kappa shape index (κ1) is 15.5. The average molecular weight is 268 g/mol. The highest BCUT2D eigenvalue weighted by molar-refractivity contribution is 5.88. The summed E-state index contributed by atoms with van der Waals surface area (Å²) in [5.74, 6) is 1.12. The van der Waals surface area contributed by atoms with E-state index in [2.05, 4.69) is 24.3 Å². The van der Waals surface area contributed by atoms with E-state index in [1.165, 1.54) is 4.90 Å². The molecular formula is C13H24N4O2. The quantitative estimate of drug-likeness (QED) is 0.855. The van der Waals surface area contributed by atoms with Crippen molar-refractivity contribution in [3.8, 4) is 0 Å². The van der Waals surface area contributed by atoms with Crippen LogP contribution in [0.3, 0.4) is 0 Å². The highest BCUT2D eigenvalue weighted by Gasteiger charge is 2.20. The van der Waals surface area contributed by atoms with E-state index in [-0.39, 0.29) is 12.6 Å². The summed E-state index contributed by atoms with van der Waals surface area (Å²) in [4.78, 5) is 13.4. The first-order valence-electron chi connectivity index (χ1n) is 6.45. The van der Waals surface area contributed by atoms with Gasteiger partial charge in [-0.1, -0.05) is 13.8 Å². The third kappa shape index (κ3) is 5.30. The molecule has 1 heterocycles. The number of carbonyl (C=O) groups is 1. The topological polar surface area (TPSA) is 70.4 Å². The third-order valence-electron chi connectivity index (χ3n) is 2.46. The van der Waals surface area contributed by atoms with Crippen LogP contribution in [-0.4, -0.2) is 45.0 Å². The fourth-order valence-electron chi connectivity index (χ4n) is 1.79. The number of urea groups is 1. The summed E-state index contributed by atoms with van der Waals surface area (Å²) in [7, 11) is 1.65. The van der Waals surface area contributed by atoms with Crippen LogP contribution in [0.15, 0.2) is 12.3 Å². The normalized spacial score (nSPS) is 11.7. The maximum Gasteiger partial charge on any atom is 0.322 e. The van der Waals surface area contributed by atoms with Crippen molar-refractivity contribution in [2.75, 3.05) is 18.9 Å². The molecule has 0 aromatic carbocycles. The zero-order chi connectivity index (χ0) is 14.6. The van der Waals surface area contributed by atoms with Crippen molar-refractivity contribution in [1.82, 2.24) is 14.7 Å². The van der Waals surface area contributed by atoms with Gasteiger partial charge in [0.15, 0.2) is 0 Å². The molecule has 1 aromatic heterocycles. The average Bonchev–Trinajstić information content (AvgIpc) is 2.62. The molecule has 0 atom stereocenters. The molecule has 0 radical (unpaired) electrons. The van der Waals surface area contributed by atoms with Gasteiger partial charge in [0.2, 0.25) is 0 Å². The Bertz CT molecular complexity index is 421. The number of amides is 2. The predicted octanol–water partition coefficient (Wildman–Crippen LogP) is 1.77. The Morgan fingerprint density at radius 3 is 2.74 bits per heavy atom. The summed E-state index contributed by atoms with van der Waals surface area (Å²) in [6.07, 6.45) is 1.66. The van der Waals surface area contributed by atoms with E-state index in [0.717, 1.165) is 6.54 Å². The van der Waals surface area contributed by atoms with Gasteiger partial charge in [-0.05, 0) is 19.8 Å². The maximum absolute atomic E-state index is 12.0. The third-order valence-corrected chi connectivity index (χ3v) is 2.46. The number of hydrogen-bond acceptors (Lipinski definition) is 3. The summed E-state index contributed by atoms with van der Waals surface area (Å²) < 4.78 is 1.76. The standard InChI is InChI=1S/C13H24N4O2/c1-10(2)8-17-11(6-7-14-17)15-12(18)16(5)9-13(3,4)19/h6-7,10,19H,8-9H2,1-5H3,(H,15,18). The molecule has 0 saturated carbocycles. The number of rotatable bonds is 5. The lowest BCUT2D eigenvalue weighted by Gasteiger charge is -2.25. The largest absolute Gasteiger partial charge is 0.389 e. The van der Waals surface area contributed by atoms with E-state index < -0.39 is 5.60 Å². The maximum atomic E-state index is 12.0. The van der Waals surface area contributed by atoms with Crippen LogP contribution in [0.5, 0.6) is 0 Å². The number of nitrogens with one attached hydrogen (secondary N) is 1. The van der Waals surface area contributed by atoms with Crippen molar-refractivity contribution in [1.29, 1.82) is 0 Å². The fourth-order valence-corrected chi connectivity index (χ4v) is 1.79. The summed E-state index contributed by atoms with van der Waals surface area (Å²) in [5, 5.41) is 16.7. The number of carbonyl (C=O) groups excluding carboxylic acids is 1. The van der Waals surface area contributed by atoms with Crippen molar-refractivity contribution in [3.05, 3.63) is 12.3 Å². The number of hydrogen-bond donors (Lipinski definition) is 2. The van der Waals surface area contributed by atoms with Crippen LogP contribution in [0.25, 0.3) is 0 Å². The lowest BCUT2D eigenvalue weighted by atomic mass is 10.1. The molecule has 6 heteroatoms. The lowest BCUT2D eigenvalue weighted by Crippen LogP contribution is -2.42. The molecule has 1 rings (SSSR count). The molecule has 0 aliphatic heterocycles. The van der Waals surface area contributed by atoms with E-state index in [4.69, 9.17) is 0 Å². The minimum absolute atomic E-state index is 0.257. The van der Waals surface area contributed by atoms with Crippen LogP contribution in [-0.2, 0) is 6.54 Å². The van der Waals surface area contributed by atoms with Crippen LogP contribution in [0, 0.1) is 5.92 Å². The Morgan fingerprint density at radius 1 is 1.58 bits per heavy atom. The molecule has 1 aromatic rings. The minimum Gasteiger partial charge on any atom is -0.389 e. The summed E-state index contributed by atoms with van der Waals surface area (Å²) in [6.45, 7) is 8.52. The van der Waals surface area contributed by atoms with Gasteiger partial charge in [-0.3, -0.25) is 5.32 Å². The first-order chi connectivity index (χ1) is 8.69. The molecule has 0 spiro atoms. The van der Waals surface area contributed by atoms with E-state index in [1.54, 1.807) is 37.8 Å². The van der Waals surface area contributed by atoms with Gasteiger partial charge in [0, 0.05) is 19.7 Å². The van der Waals surface area contributed by atoms with Crippen molar-refractivity contribution in [3.63, 3.8) is 0 Å². The Hall–Kier alpha value is -1.56. The second-order valence-electron chi connectivity index (χ2n) is 5.89. The number of aliphatic hydroxyl groups is 1. The number of likely N-dealkylation sites (N-methyl/N-ethyl adjacent to an activating group) is 1. The smallest absolute Gasteiger partial charge is 0.322 e. The highest BCUT2D eigenvalue weighted by atomic mass is 16.3. The van der Waals surface area contributed by atoms with Gasteiger partial charge in [0.1, 0.15) is 5.82 Å². The van der Waals surface area contributed by atoms with Crippen molar-refractivity contribution >= 4 is 11.8 Å². The number of anilines is 1. The van der Waals surface area contributed by atoms with Gasteiger partial charge >= 0.3 is 6.03 Å². The molecule has 0 unspecified atom stereocenters. The minimum atomic E-state index is -0.912. The number of nitrogens with zero attached hydrogens (tertiary/aromatic N) is 3. The van der Waals surface area contributed by atoms with Gasteiger partial charge in [0.25, 0.3) is 0 Å². The Labute approximate surface area is 114 Å². The van der Waals surface area contributed by atoms with Gasteiger partial charge in [-0.15, -0.1) is 0 Å². The number of aromatic nitrogens is 2. The molecule has 19 heavy (non-hydrogen) atoms. The predicted molar refractivity (Wildman–Crippen MR) is 75.0 cm³/mol. The lowest BCUT2D eigenvalue weighted by molar-refractivity contribution is 0.0550. The summed E-state index contributed by atoms with van der Waals surface area (Å²) in [6, 6.07) is 1.51. The molecule has 0 fully saturated rings. The zero-order valence-electron chi connectivity index (χ0n) is 12.3. The Morgan fingerprint density at radius 2 is 2.21 bits per heavy atom. The van der Waals surface area contributed by atoms with Gasteiger partial charge in [-0.2, -0.15) is 5.10 Å². The van der Waals surface area contributed by atoms with E-state index >= 15 is 0 Å². The SMILES string of the molecule is CC(C)Cn1nccc1NC(=O)N(C)CC(C)(C)O. The molecule has 0 bridgehead atoms. The summed E-state index contributed by atoms with van der Waals surface area (Å²) in [5.41, 5.74) is -0.912. The van der Waals surface area contributed by atoms with Gasteiger partial charge in [0.05, 0.1) is 18.3 Å². The zero-order valence-corrected chi connectivity index (χ0v) is 12.3. The van der Waals surface area contributed by atoms with Gasteiger partial charge < -0.3 is 10.0 Å². The molecule has 0 aliphatic carbocycles. The Balaban J connectivity index is 2.64. The summed E-state index contributed by atoms with van der Waals surface area (Å²) >= 11 is 0. The van der Waals surface area contributed by atoms with Crippen LogP contribution in [0.1, 0.15) is 27.7 Å². The molecule has 0 aliphatic rings. The van der Waals surface area contributed by atoms with Crippen LogP contribution < -0.4 is 5.32 Å².